The summed E-state index contributed by atoms with van der Waals surface area (Å²) in [7, 11) is 1.74. The smallest absolute Gasteiger partial charge is 0.278 e. The van der Waals surface area contributed by atoms with E-state index in [0.717, 1.165) is 24.0 Å². The molecule has 0 spiro atoms. The molecule has 1 N–H and O–H groups in total. The van der Waals surface area contributed by atoms with Gasteiger partial charge in [-0.3, -0.25) is 9.69 Å². The van der Waals surface area contributed by atoms with Gasteiger partial charge in [0.2, 0.25) is 5.88 Å². The van der Waals surface area contributed by atoms with Gasteiger partial charge < -0.3 is 14.4 Å². The highest BCUT2D eigenvalue weighted by Gasteiger charge is 2.16. The van der Waals surface area contributed by atoms with Crippen LogP contribution in [-0.2, 0) is 16.6 Å². The summed E-state index contributed by atoms with van der Waals surface area (Å²) in [6, 6.07) is 7.46. The van der Waals surface area contributed by atoms with Crippen LogP contribution in [0.5, 0.6) is 5.88 Å². The van der Waals surface area contributed by atoms with E-state index < -0.39 is 0 Å². The Morgan fingerprint density at radius 1 is 1.32 bits per heavy atom. The molecule has 3 rings (SSSR count). The third-order valence-electron chi connectivity index (χ3n) is 3.77. The molecule has 0 unspecified atom stereocenters. The zero-order chi connectivity index (χ0) is 15.5. The van der Waals surface area contributed by atoms with Gasteiger partial charge in [-0.1, -0.05) is 18.2 Å². The lowest BCUT2D eigenvalue weighted by Crippen LogP contribution is -2.39. The van der Waals surface area contributed by atoms with E-state index >= 15 is 0 Å². The average Bonchev–Trinajstić information content (AvgIpc) is 2.78. The van der Waals surface area contributed by atoms with Crippen molar-refractivity contribution in [1.82, 2.24) is 9.47 Å². The van der Waals surface area contributed by atoms with Gasteiger partial charge >= 0.3 is 0 Å². The number of nitrogens with zero attached hydrogens (tertiary/aromatic N) is 4. The highest BCUT2D eigenvalue weighted by Crippen LogP contribution is 2.37. The highest BCUT2D eigenvalue weighted by molar-refractivity contribution is 5.95. The molecule has 116 valence electrons. The molecule has 0 bridgehead atoms. The fourth-order valence-electron chi connectivity index (χ4n) is 2.55. The SMILES string of the molecule is Cn1c(O)c(N=NC(=O)CN2CCOCC2)c2ccccc21. The normalized spacial score (nSPS) is 16.6. The lowest BCUT2D eigenvalue weighted by molar-refractivity contribution is -0.120. The quantitative estimate of drug-likeness (QED) is 0.877. The predicted octanol–water partition coefficient (Wildman–Crippen LogP) is 1.83. The van der Waals surface area contributed by atoms with E-state index in [4.69, 9.17) is 4.74 Å². The van der Waals surface area contributed by atoms with Crippen molar-refractivity contribution in [1.29, 1.82) is 0 Å². The van der Waals surface area contributed by atoms with Gasteiger partial charge in [-0.25, -0.2) is 0 Å². The molecule has 1 saturated heterocycles. The van der Waals surface area contributed by atoms with Crippen molar-refractivity contribution in [2.75, 3.05) is 32.8 Å². The fraction of sp³-hybridized carbons (Fsp3) is 0.400. The van der Waals surface area contributed by atoms with Crippen molar-refractivity contribution >= 4 is 22.5 Å². The third-order valence-corrected chi connectivity index (χ3v) is 3.77. The van der Waals surface area contributed by atoms with Crippen LogP contribution in [0.25, 0.3) is 10.9 Å². The molecule has 7 nitrogen and oxygen atoms in total. The first-order valence-corrected chi connectivity index (χ1v) is 7.18. The fourth-order valence-corrected chi connectivity index (χ4v) is 2.55. The average molecular weight is 302 g/mol. The van der Waals surface area contributed by atoms with Crippen molar-refractivity contribution < 1.29 is 14.6 Å². The second-order valence-electron chi connectivity index (χ2n) is 5.23. The predicted molar refractivity (Wildman–Crippen MR) is 81.4 cm³/mol. The molecule has 0 saturated carbocycles. The molecule has 1 aromatic carbocycles. The lowest BCUT2D eigenvalue weighted by atomic mass is 10.2. The number of aryl methyl sites for hydroxylation is 1. The summed E-state index contributed by atoms with van der Waals surface area (Å²) in [5.74, 6) is -0.321. The second-order valence-corrected chi connectivity index (χ2v) is 5.23. The van der Waals surface area contributed by atoms with Gasteiger partial charge in [0.15, 0.2) is 5.69 Å². The summed E-state index contributed by atoms with van der Waals surface area (Å²) in [6.07, 6.45) is 0. The number of benzene rings is 1. The Hall–Kier alpha value is -2.25. The number of aromatic nitrogens is 1. The largest absolute Gasteiger partial charge is 0.493 e. The Balaban J connectivity index is 1.77. The first kappa shape index (κ1) is 14.7. The first-order chi connectivity index (χ1) is 10.7. The highest BCUT2D eigenvalue weighted by atomic mass is 16.5. The van der Waals surface area contributed by atoms with Crippen LogP contribution < -0.4 is 0 Å². The van der Waals surface area contributed by atoms with E-state index in [1.54, 1.807) is 11.6 Å². The standard InChI is InChI=1S/C15H18N4O3/c1-18-12-5-3-2-4-11(12)14(15(18)21)17-16-13(20)10-19-6-8-22-9-7-19/h2-5,21H,6-10H2,1H3. The van der Waals surface area contributed by atoms with Gasteiger partial charge in [-0.2, -0.15) is 0 Å². The Morgan fingerprint density at radius 3 is 2.82 bits per heavy atom. The number of azo groups is 1. The molecular weight excluding hydrogens is 284 g/mol. The van der Waals surface area contributed by atoms with Crippen LogP contribution in [0.15, 0.2) is 34.5 Å². The number of amides is 1. The van der Waals surface area contributed by atoms with Crippen molar-refractivity contribution in [3.63, 3.8) is 0 Å². The second kappa shape index (κ2) is 6.25. The number of carbonyl (C=O) groups excluding carboxylic acids is 1. The van der Waals surface area contributed by atoms with Crippen molar-refractivity contribution in [2.24, 2.45) is 17.3 Å². The molecule has 22 heavy (non-hydrogen) atoms. The van der Waals surface area contributed by atoms with Gasteiger partial charge in [-0.05, 0) is 6.07 Å². The molecule has 0 aliphatic carbocycles. The monoisotopic (exact) mass is 302 g/mol. The molecule has 1 fully saturated rings. The zero-order valence-corrected chi connectivity index (χ0v) is 12.4. The molecule has 7 heteroatoms. The minimum Gasteiger partial charge on any atom is -0.493 e. The van der Waals surface area contributed by atoms with Gasteiger partial charge in [0.25, 0.3) is 5.91 Å². The van der Waals surface area contributed by atoms with Crippen LogP contribution in [0.2, 0.25) is 0 Å². The van der Waals surface area contributed by atoms with E-state index in [9.17, 15) is 9.90 Å². The minimum atomic E-state index is -0.325. The molecular formula is C15H18N4O3. The zero-order valence-electron chi connectivity index (χ0n) is 12.4. The van der Waals surface area contributed by atoms with Crippen LogP contribution >= 0.6 is 0 Å². The maximum Gasteiger partial charge on any atom is 0.278 e. The number of para-hydroxylation sites is 1. The molecule has 2 aromatic rings. The molecule has 1 aromatic heterocycles. The van der Waals surface area contributed by atoms with E-state index in [2.05, 4.69) is 10.2 Å². The van der Waals surface area contributed by atoms with Crippen LogP contribution in [0.4, 0.5) is 5.69 Å². The number of rotatable bonds is 3. The number of ether oxygens (including phenoxy) is 1. The molecule has 1 amide bonds. The summed E-state index contributed by atoms with van der Waals surface area (Å²) < 4.78 is 6.86. The van der Waals surface area contributed by atoms with Gasteiger partial charge in [0, 0.05) is 25.5 Å². The van der Waals surface area contributed by atoms with Crippen LogP contribution in [0.1, 0.15) is 0 Å². The van der Waals surface area contributed by atoms with Crippen molar-refractivity contribution in [2.45, 2.75) is 0 Å². The van der Waals surface area contributed by atoms with E-state index in [1.807, 2.05) is 29.2 Å². The van der Waals surface area contributed by atoms with Crippen molar-refractivity contribution in [3.05, 3.63) is 24.3 Å². The summed E-state index contributed by atoms with van der Waals surface area (Å²) in [4.78, 5) is 13.9. The molecule has 0 atom stereocenters. The third kappa shape index (κ3) is 2.86. The number of carbonyl (C=O) groups is 1. The number of hydrogen-bond donors (Lipinski definition) is 1. The summed E-state index contributed by atoms with van der Waals surface area (Å²) in [5, 5.41) is 18.6. The molecule has 1 aliphatic heterocycles. The van der Waals surface area contributed by atoms with Gasteiger partial charge in [0.05, 0.1) is 25.3 Å². The number of aromatic hydroxyl groups is 1. The van der Waals surface area contributed by atoms with E-state index in [-0.39, 0.29) is 18.3 Å². The molecule has 2 heterocycles. The van der Waals surface area contributed by atoms with E-state index in [0.29, 0.717) is 18.9 Å². The van der Waals surface area contributed by atoms with Crippen LogP contribution in [0.3, 0.4) is 0 Å². The molecule has 0 radical (unpaired) electrons. The number of morpholine rings is 1. The topological polar surface area (TPSA) is 79.4 Å². The van der Waals surface area contributed by atoms with Crippen LogP contribution in [0, 0.1) is 0 Å². The maximum atomic E-state index is 11.9. The van der Waals surface area contributed by atoms with Crippen LogP contribution in [-0.4, -0.2) is 53.3 Å². The first-order valence-electron chi connectivity index (χ1n) is 7.18. The maximum absolute atomic E-state index is 11.9. The van der Waals surface area contributed by atoms with Gasteiger partial charge in [0.1, 0.15) is 0 Å². The van der Waals surface area contributed by atoms with E-state index in [1.165, 1.54) is 0 Å². The summed E-state index contributed by atoms with van der Waals surface area (Å²) in [6.45, 7) is 2.93. The van der Waals surface area contributed by atoms with Crippen molar-refractivity contribution in [3.8, 4) is 5.88 Å². The van der Waals surface area contributed by atoms with Gasteiger partial charge in [-0.15, -0.1) is 10.2 Å². The Morgan fingerprint density at radius 2 is 2.05 bits per heavy atom. The summed E-state index contributed by atoms with van der Waals surface area (Å²) in [5.41, 5.74) is 1.17. The number of fused-ring (bicyclic) bond motifs is 1. The summed E-state index contributed by atoms with van der Waals surface area (Å²) >= 11 is 0. The minimum absolute atomic E-state index is 0.00382. The Labute approximate surface area is 127 Å². The Kier molecular flexibility index (Phi) is 4.17. The molecule has 1 aliphatic rings. The lowest BCUT2D eigenvalue weighted by Gasteiger charge is -2.24. The number of hydrogen-bond acceptors (Lipinski definition) is 5. The Bertz CT molecular complexity index is 717.